The number of carbonyl (C=O) groups excluding carboxylic acids is 1. The molecule has 16 heavy (non-hydrogen) atoms. The predicted octanol–water partition coefficient (Wildman–Crippen LogP) is 1.10. The summed E-state index contributed by atoms with van der Waals surface area (Å²) >= 11 is 0. The van der Waals surface area contributed by atoms with Gasteiger partial charge >= 0.3 is 0 Å². The first-order valence-electron chi connectivity index (χ1n) is 5.74. The van der Waals surface area contributed by atoms with Crippen LogP contribution in [0.25, 0.3) is 0 Å². The quantitative estimate of drug-likeness (QED) is 0.825. The van der Waals surface area contributed by atoms with Gasteiger partial charge in [-0.25, -0.2) is 0 Å². The average molecular weight is 218 g/mol. The van der Waals surface area contributed by atoms with Crippen molar-refractivity contribution in [2.24, 2.45) is 5.73 Å². The summed E-state index contributed by atoms with van der Waals surface area (Å²) in [6, 6.07) is 8.48. The smallest absolute Gasteiger partial charge is 0.224 e. The molecule has 1 aromatic carbocycles. The lowest BCUT2D eigenvalue weighted by Crippen LogP contribution is -2.30. The lowest BCUT2D eigenvalue weighted by molar-refractivity contribution is -0.127. The third-order valence-corrected chi connectivity index (χ3v) is 3.04. The van der Waals surface area contributed by atoms with Crippen LogP contribution in [0.4, 0.5) is 0 Å². The molecule has 1 unspecified atom stereocenters. The van der Waals surface area contributed by atoms with Gasteiger partial charge in [-0.3, -0.25) is 4.79 Å². The van der Waals surface area contributed by atoms with Gasteiger partial charge in [-0.15, -0.1) is 0 Å². The summed E-state index contributed by atoms with van der Waals surface area (Å²) in [5, 5.41) is 0. The lowest BCUT2D eigenvalue weighted by Gasteiger charge is -2.15. The van der Waals surface area contributed by atoms with E-state index in [0.29, 0.717) is 13.0 Å². The summed E-state index contributed by atoms with van der Waals surface area (Å²) in [5.74, 6) is 0.194. The van der Waals surface area contributed by atoms with Crippen molar-refractivity contribution < 1.29 is 4.79 Å². The van der Waals surface area contributed by atoms with Crippen molar-refractivity contribution in [1.29, 1.82) is 0 Å². The van der Waals surface area contributed by atoms with Gasteiger partial charge in [0.15, 0.2) is 0 Å². The fourth-order valence-electron chi connectivity index (χ4n) is 2.04. The first kappa shape index (κ1) is 11.1. The van der Waals surface area contributed by atoms with E-state index in [1.807, 2.05) is 4.90 Å². The standard InChI is InChI=1S/C13H18N2O/c1-10-2-4-11(5-3-10)6-7-15-9-12(14)8-13(15)16/h2-5,12H,6-9,14H2,1H3. The second-order valence-corrected chi connectivity index (χ2v) is 4.54. The third kappa shape index (κ3) is 2.61. The summed E-state index contributed by atoms with van der Waals surface area (Å²) in [4.78, 5) is 13.4. The fraction of sp³-hybridized carbons (Fsp3) is 0.462. The number of hydrogen-bond acceptors (Lipinski definition) is 2. The zero-order valence-corrected chi connectivity index (χ0v) is 9.65. The summed E-state index contributed by atoms with van der Waals surface area (Å²) in [7, 11) is 0. The highest BCUT2D eigenvalue weighted by Gasteiger charge is 2.25. The summed E-state index contributed by atoms with van der Waals surface area (Å²) in [5.41, 5.74) is 8.29. The van der Waals surface area contributed by atoms with Crippen LogP contribution in [0.1, 0.15) is 17.5 Å². The van der Waals surface area contributed by atoms with E-state index in [1.165, 1.54) is 11.1 Å². The Bertz CT molecular complexity index is 372. The predicted molar refractivity (Wildman–Crippen MR) is 64.1 cm³/mol. The number of likely N-dealkylation sites (tertiary alicyclic amines) is 1. The summed E-state index contributed by atoms with van der Waals surface area (Å²) in [6.07, 6.45) is 1.42. The highest BCUT2D eigenvalue weighted by Crippen LogP contribution is 2.11. The number of carbonyl (C=O) groups is 1. The second kappa shape index (κ2) is 4.66. The normalized spacial score (nSPS) is 20.5. The lowest BCUT2D eigenvalue weighted by atomic mass is 10.1. The Balaban J connectivity index is 1.88. The van der Waals surface area contributed by atoms with Gasteiger partial charge in [0.05, 0.1) is 0 Å². The Morgan fingerprint density at radius 3 is 2.62 bits per heavy atom. The zero-order chi connectivity index (χ0) is 11.5. The molecular formula is C13H18N2O. The SMILES string of the molecule is Cc1ccc(CCN2CC(N)CC2=O)cc1. The number of benzene rings is 1. The third-order valence-electron chi connectivity index (χ3n) is 3.04. The van der Waals surface area contributed by atoms with Crippen molar-refractivity contribution in [2.45, 2.75) is 25.8 Å². The topological polar surface area (TPSA) is 46.3 Å². The van der Waals surface area contributed by atoms with E-state index in [2.05, 4.69) is 31.2 Å². The van der Waals surface area contributed by atoms with Crippen molar-refractivity contribution in [3.63, 3.8) is 0 Å². The maximum absolute atomic E-state index is 11.5. The van der Waals surface area contributed by atoms with Crippen LogP contribution in [0.3, 0.4) is 0 Å². The summed E-state index contributed by atoms with van der Waals surface area (Å²) in [6.45, 7) is 3.58. The number of nitrogens with zero attached hydrogens (tertiary/aromatic N) is 1. The molecule has 2 N–H and O–H groups in total. The Labute approximate surface area is 96.2 Å². The molecule has 0 radical (unpaired) electrons. The first-order chi connectivity index (χ1) is 7.65. The minimum atomic E-state index is 0.0329. The summed E-state index contributed by atoms with van der Waals surface area (Å²) < 4.78 is 0. The number of hydrogen-bond donors (Lipinski definition) is 1. The van der Waals surface area contributed by atoms with Crippen molar-refractivity contribution in [2.75, 3.05) is 13.1 Å². The number of aryl methyl sites for hydroxylation is 1. The van der Waals surface area contributed by atoms with E-state index in [0.717, 1.165) is 13.0 Å². The molecule has 0 aromatic heterocycles. The van der Waals surface area contributed by atoms with Crippen LogP contribution >= 0.6 is 0 Å². The molecular weight excluding hydrogens is 200 g/mol. The van der Waals surface area contributed by atoms with E-state index in [9.17, 15) is 4.79 Å². The van der Waals surface area contributed by atoms with Crippen LogP contribution in [-0.4, -0.2) is 29.9 Å². The molecule has 3 nitrogen and oxygen atoms in total. The van der Waals surface area contributed by atoms with Gasteiger partial charge in [0.1, 0.15) is 0 Å². The van der Waals surface area contributed by atoms with Gasteiger partial charge in [0.2, 0.25) is 5.91 Å². The largest absolute Gasteiger partial charge is 0.341 e. The molecule has 1 amide bonds. The first-order valence-corrected chi connectivity index (χ1v) is 5.74. The van der Waals surface area contributed by atoms with Gasteiger partial charge in [-0.05, 0) is 18.9 Å². The molecule has 1 aliphatic heterocycles. The van der Waals surface area contributed by atoms with Crippen LogP contribution in [0.15, 0.2) is 24.3 Å². The highest BCUT2D eigenvalue weighted by molar-refractivity contribution is 5.79. The Hall–Kier alpha value is -1.35. The molecule has 0 saturated carbocycles. The van der Waals surface area contributed by atoms with Crippen LogP contribution < -0.4 is 5.73 Å². The average Bonchev–Trinajstić information content (AvgIpc) is 2.57. The molecule has 0 aliphatic carbocycles. The van der Waals surface area contributed by atoms with Crippen LogP contribution in [-0.2, 0) is 11.2 Å². The Morgan fingerprint density at radius 1 is 1.38 bits per heavy atom. The van der Waals surface area contributed by atoms with E-state index in [4.69, 9.17) is 5.73 Å². The molecule has 3 heteroatoms. The Morgan fingerprint density at radius 2 is 2.06 bits per heavy atom. The van der Waals surface area contributed by atoms with E-state index < -0.39 is 0 Å². The zero-order valence-electron chi connectivity index (χ0n) is 9.65. The Kier molecular flexibility index (Phi) is 3.25. The van der Waals surface area contributed by atoms with Crippen LogP contribution in [0, 0.1) is 6.92 Å². The van der Waals surface area contributed by atoms with Crippen molar-refractivity contribution >= 4 is 5.91 Å². The molecule has 1 heterocycles. The number of rotatable bonds is 3. The van der Waals surface area contributed by atoms with E-state index in [-0.39, 0.29) is 11.9 Å². The second-order valence-electron chi connectivity index (χ2n) is 4.54. The van der Waals surface area contributed by atoms with Gasteiger partial charge in [-0.2, -0.15) is 0 Å². The number of amides is 1. The highest BCUT2D eigenvalue weighted by atomic mass is 16.2. The van der Waals surface area contributed by atoms with E-state index >= 15 is 0 Å². The molecule has 2 rings (SSSR count). The molecule has 1 saturated heterocycles. The minimum Gasteiger partial charge on any atom is -0.341 e. The van der Waals surface area contributed by atoms with Crippen molar-refractivity contribution in [3.05, 3.63) is 35.4 Å². The monoisotopic (exact) mass is 218 g/mol. The van der Waals surface area contributed by atoms with Crippen LogP contribution in [0.2, 0.25) is 0 Å². The van der Waals surface area contributed by atoms with Crippen LogP contribution in [0.5, 0.6) is 0 Å². The molecule has 86 valence electrons. The molecule has 1 aliphatic rings. The fourth-order valence-corrected chi connectivity index (χ4v) is 2.04. The maximum atomic E-state index is 11.5. The molecule has 1 fully saturated rings. The van der Waals surface area contributed by atoms with Gasteiger partial charge in [0, 0.05) is 25.6 Å². The van der Waals surface area contributed by atoms with E-state index in [1.54, 1.807) is 0 Å². The van der Waals surface area contributed by atoms with Gasteiger partial charge in [-0.1, -0.05) is 29.8 Å². The maximum Gasteiger partial charge on any atom is 0.224 e. The van der Waals surface area contributed by atoms with Gasteiger partial charge < -0.3 is 10.6 Å². The van der Waals surface area contributed by atoms with Crippen molar-refractivity contribution in [1.82, 2.24) is 4.90 Å². The molecule has 1 aromatic rings. The van der Waals surface area contributed by atoms with Crippen molar-refractivity contribution in [3.8, 4) is 0 Å². The molecule has 1 atom stereocenters. The minimum absolute atomic E-state index is 0.0329. The molecule has 0 spiro atoms. The van der Waals surface area contributed by atoms with Gasteiger partial charge in [0.25, 0.3) is 0 Å². The number of nitrogens with two attached hydrogens (primary N) is 1. The molecule has 0 bridgehead atoms.